The largest absolute Gasteiger partial charge is 0.495 e. The van der Waals surface area contributed by atoms with Crippen molar-refractivity contribution in [3.63, 3.8) is 0 Å². The van der Waals surface area contributed by atoms with Crippen LogP contribution in [0.25, 0.3) is 0 Å². The lowest BCUT2D eigenvalue weighted by molar-refractivity contribution is -0.384. The lowest BCUT2D eigenvalue weighted by Gasteiger charge is -2.15. The normalized spacial score (nSPS) is 11.2. The molecule has 2 aromatic carbocycles. The second kappa shape index (κ2) is 9.18. The Morgan fingerprint density at radius 2 is 1.81 bits per heavy atom. The van der Waals surface area contributed by atoms with Crippen LogP contribution in [0.2, 0.25) is 0 Å². The van der Waals surface area contributed by atoms with Gasteiger partial charge in [-0.15, -0.1) is 0 Å². The molecule has 0 aliphatic rings. The van der Waals surface area contributed by atoms with Crippen molar-refractivity contribution in [2.45, 2.75) is 13.0 Å². The number of nitrogens with one attached hydrogen (secondary N) is 1. The maximum absolute atomic E-state index is 12.1. The predicted octanol–water partition coefficient (Wildman–Crippen LogP) is 2.55. The van der Waals surface area contributed by atoms with Gasteiger partial charge in [0.1, 0.15) is 11.5 Å². The van der Waals surface area contributed by atoms with Crippen molar-refractivity contribution in [2.75, 3.05) is 19.0 Å². The summed E-state index contributed by atoms with van der Waals surface area (Å²) >= 11 is 0. The molecule has 2 rings (SSSR count). The van der Waals surface area contributed by atoms with E-state index in [9.17, 15) is 19.7 Å². The van der Waals surface area contributed by atoms with Crippen molar-refractivity contribution in [2.24, 2.45) is 0 Å². The molecular formula is C18H18N2O7. The Bertz CT molecular complexity index is 821. The number of hydrogen-bond donors (Lipinski definition) is 1. The molecule has 0 saturated carbocycles. The molecular weight excluding hydrogens is 356 g/mol. The summed E-state index contributed by atoms with van der Waals surface area (Å²) in [5.74, 6) is -0.534. The zero-order valence-corrected chi connectivity index (χ0v) is 14.7. The number of ether oxygens (including phenoxy) is 3. The number of carbonyl (C=O) groups excluding carboxylic acids is 2. The van der Waals surface area contributed by atoms with Crippen molar-refractivity contribution < 1.29 is 28.7 Å². The van der Waals surface area contributed by atoms with Crippen molar-refractivity contribution in [3.8, 4) is 11.5 Å². The monoisotopic (exact) mass is 374 g/mol. The number of benzene rings is 2. The highest BCUT2D eigenvalue weighted by Gasteiger charge is 2.19. The second-order valence-corrected chi connectivity index (χ2v) is 5.36. The van der Waals surface area contributed by atoms with Gasteiger partial charge in [0.05, 0.1) is 17.7 Å². The number of nitrogens with zero attached hydrogens (tertiary/aromatic N) is 1. The molecule has 0 heterocycles. The van der Waals surface area contributed by atoms with Crippen molar-refractivity contribution in [3.05, 3.63) is 58.6 Å². The van der Waals surface area contributed by atoms with Crippen LogP contribution in [0.3, 0.4) is 0 Å². The van der Waals surface area contributed by atoms with Crippen molar-refractivity contribution >= 4 is 23.3 Å². The lowest BCUT2D eigenvalue weighted by Crippen LogP contribution is -2.31. The van der Waals surface area contributed by atoms with Gasteiger partial charge in [-0.05, 0) is 31.2 Å². The highest BCUT2D eigenvalue weighted by Crippen LogP contribution is 2.23. The summed E-state index contributed by atoms with van der Waals surface area (Å²) in [6, 6.07) is 12.1. The average Bonchev–Trinajstić information content (AvgIpc) is 2.67. The smallest absolute Gasteiger partial charge is 0.344 e. The second-order valence-electron chi connectivity index (χ2n) is 5.36. The van der Waals surface area contributed by atoms with Gasteiger partial charge >= 0.3 is 5.97 Å². The van der Waals surface area contributed by atoms with Gasteiger partial charge in [-0.25, -0.2) is 4.79 Å². The van der Waals surface area contributed by atoms with E-state index in [1.54, 1.807) is 24.3 Å². The lowest BCUT2D eigenvalue weighted by atomic mass is 10.2. The number of hydrogen-bond acceptors (Lipinski definition) is 7. The Morgan fingerprint density at radius 1 is 1.15 bits per heavy atom. The molecule has 0 aliphatic heterocycles. The molecule has 0 aromatic heterocycles. The fourth-order valence-corrected chi connectivity index (χ4v) is 2.07. The van der Waals surface area contributed by atoms with E-state index >= 15 is 0 Å². The van der Waals surface area contributed by atoms with Gasteiger partial charge in [-0.1, -0.05) is 12.1 Å². The number of anilines is 1. The van der Waals surface area contributed by atoms with Gasteiger partial charge in [0, 0.05) is 12.1 Å². The van der Waals surface area contributed by atoms with Gasteiger partial charge in [0.2, 0.25) is 0 Å². The molecule has 0 aliphatic carbocycles. The molecule has 0 fully saturated rings. The summed E-state index contributed by atoms with van der Waals surface area (Å²) in [6.45, 7) is 0.985. The number of nitro benzene ring substituents is 1. The zero-order valence-electron chi connectivity index (χ0n) is 14.7. The van der Waals surface area contributed by atoms with Gasteiger partial charge in [0.15, 0.2) is 12.7 Å². The van der Waals surface area contributed by atoms with E-state index in [0.717, 1.165) is 0 Å². The fraction of sp³-hybridized carbons (Fsp3) is 0.222. The average molecular weight is 374 g/mol. The number of nitro groups is 1. The molecule has 9 nitrogen and oxygen atoms in total. The fourth-order valence-electron chi connectivity index (χ4n) is 2.07. The van der Waals surface area contributed by atoms with E-state index in [1.165, 1.54) is 38.3 Å². The predicted molar refractivity (Wildman–Crippen MR) is 95.8 cm³/mol. The molecule has 1 amide bonds. The summed E-state index contributed by atoms with van der Waals surface area (Å²) < 4.78 is 15.3. The maximum Gasteiger partial charge on any atom is 0.344 e. The first kappa shape index (κ1) is 19.7. The summed E-state index contributed by atoms with van der Waals surface area (Å²) in [7, 11) is 1.48. The summed E-state index contributed by atoms with van der Waals surface area (Å²) in [6.07, 6.45) is -1.05. The van der Waals surface area contributed by atoms with Crippen LogP contribution in [-0.2, 0) is 14.3 Å². The highest BCUT2D eigenvalue weighted by molar-refractivity contribution is 5.96. The molecule has 0 spiro atoms. The molecule has 9 heteroatoms. The number of rotatable bonds is 8. The minimum atomic E-state index is -1.05. The third-order valence-corrected chi connectivity index (χ3v) is 3.45. The molecule has 0 radical (unpaired) electrons. The van der Waals surface area contributed by atoms with E-state index in [1.807, 2.05) is 0 Å². The van der Waals surface area contributed by atoms with Crippen LogP contribution in [0.15, 0.2) is 48.5 Å². The molecule has 27 heavy (non-hydrogen) atoms. The third-order valence-electron chi connectivity index (χ3n) is 3.45. The highest BCUT2D eigenvalue weighted by atomic mass is 16.6. The van der Waals surface area contributed by atoms with Gasteiger partial charge in [0.25, 0.3) is 11.6 Å². The van der Waals surface area contributed by atoms with E-state index in [-0.39, 0.29) is 11.4 Å². The molecule has 0 saturated heterocycles. The molecule has 142 valence electrons. The number of methoxy groups -OCH3 is 1. The van der Waals surface area contributed by atoms with Crippen LogP contribution in [-0.4, -0.2) is 36.6 Å². The Kier molecular flexibility index (Phi) is 6.70. The Morgan fingerprint density at radius 3 is 2.44 bits per heavy atom. The quantitative estimate of drug-likeness (QED) is 0.429. The van der Waals surface area contributed by atoms with E-state index < -0.39 is 29.5 Å². The number of para-hydroxylation sites is 2. The van der Waals surface area contributed by atoms with Gasteiger partial charge in [-0.2, -0.15) is 0 Å². The van der Waals surface area contributed by atoms with E-state index in [4.69, 9.17) is 14.2 Å². The molecule has 0 bridgehead atoms. The first-order valence-corrected chi connectivity index (χ1v) is 7.91. The van der Waals surface area contributed by atoms with Gasteiger partial charge in [-0.3, -0.25) is 14.9 Å². The Balaban J connectivity index is 1.83. The van der Waals surface area contributed by atoms with Crippen LogP contribution >= 0.6 is 0 Å². The summed E-state index contributed by atoms with van der Waals surface area (Å²) in [5, 5.41) is 13.2. The SMILES string of the molecule is COc1ccccc1NC(=O)[C@@H](C)OC(=O)COc1ccc([N+](=O)[O-])cc1. The number of non-ortho nitro benzene ring substituents is 1. The van der Waals surface area contributed by atoms with E-state index in [0.29, 0.717) is 11.4 Å². The van der Waals surface area contributed by atoms with Crippen LogP contribution in [0, 0.1) is 10.1 Å². The summed E-state index contributed by atoms with van der Waals surface area (Å²) in [4.78, 5) is 34.0. The number of amides is 1. The topological polar surface area (TPSA) is 117 Å². The minimum Gasteiger partial charge on any atom is -0.495 e. The minimum absolute atomic E-state index is 0.0911. The maximum atomic E-state index is 12.1. The molecule has 0 unspecified atom stereocenters. The van der Waals surface area contributed by atoms with Gasteiger partial charge < -0.3 is 19.5 Å². The van der Waals surface area contributed by atoms with Crippen LogP contribution < -0.4 is 14.8 Å². The third kappa shape index (κ3) is 5.70. The van der Waals surface area contributed by atoms with Crippen molar-refractivity contribution in [1.82, 2.24) is 0 Å². The standard InChI is InChI=1S/C18H18N2O7/c1-12(18(22)19-15-5-3-4-6-16(15)25-2)27-17(21)11-26-14-9-7-13(8-10-14)20(23)24/h3-10,12H,11H2,1-2H3,(H,19,22)/t12-/m1/s1. The first-order chi connectivity index (χ1) is 12.9. The molecule has 1 N–H and O–H groups in total. The molecule has 2 aromatic rings. The van der Waals surface area contributed by atoms with E-state index in [2.05, 4.69) is 5.32 Å². The summed E-state index contributed by atoms with van der Waals surface area (Å²) in [5.41, 5.74) is 0.363. The van der Waals surface area contributed by atoms with Crippen LogP contribution in [0.5, 0.6) is 11.5 Å². The number of carbonyl (C=O) groups is 2. The van der Waals surface area contributed by atoms with Crippen LogP contribution in [0.4, 0.5) is 11.4 Å². The Labute approximate surface area is 155 Å². The number of esters is 1. The zero-order chi connectivity index (χ0) is 19.8. The molecule has 1 atom stereocenters. The Hall–Kier alpha value is -3.62. The first-order valence-electron chi connectivity index (χ1n) is 7.91. The van der Waals surface area contributed by atoms with Crippen LogP contribution in [0.1, 0.15) is 6.92 Å². The van der Waals surface area contributed by atoms with Crippen molar-refractivity contribution in [1.29, 1.82) is 0 Å².